The van der Waals surface area contributed by atoms with Crippen LogP contribution in [0.1, 0.15) is 19.3 Å². The van der Waals surface area contributed by atoms with Gasteiger partial charge in [0.1, 0.15) is 0 Å². The first kappa shape index (κ1) is 9.05. The zero-order chi connectivity index (χ0) is 9.97. The summed E-state index contributed by atoms with van der Waals surface area (Å²) < 4.78 is 0. The van der Waals surface area contributed by atoms with E-state index in [1.807, 2.05) is 0 Å². The molecule has 0 spiro atoms. The van der Waals surface area contributed by atoms with Gasteiger partial charge in [0, 0.05) is 13.1 Å². The molecule has 1 saturated heterocycles. The summed E-state index contributed by atoms with van der Waals surface area (Å²) in [6, 6.07) is 0. The monoisotopic (exact) mass is 193 g/mol. The maximum Gasteiger partial charge on any atom is 0.222 e. The molecular weight excluding hydrogens is 178 g/mol. The van der Waals surface area contributed by atoms with Crippen LogP contribution < -0.4 is 16.4 Å². The number of hydrogen-bond donors (Lipinski definition) is 2. The van der Waals surface area contributed by atoms with Gasteiger partial charge >= 0.3 is 0 Å². The van der Waals surface area contributed by atoms with E-state index >= 15 is 0 Å². The van der Waals surface area contributed by atoms with Crippen LogP contribution in [-0.2, 0) is 0 Å². The maximum absolute atomic E-state index is 5.78. The maximum atomic E-state index is 5.78. The SMILES string of the molecule is Nc1ncc(N2CCCCC2)c(N)n1. The Morgan fingerprint density at radius 3 is 2.50 bits per heavy atom. The normalized spacial score (nSPS) is 17.0. The minimum absolute atomic E-state index is 0.239. The molecule has 0 atom stereocenters. The standard InChI is InChI=1S/C9H15N5/c10-8-7(6-12-9(11)13-8)14-4-2-1-3-5-14/h6H,1-5H2,(H4,10,11,12,13). The Morgan fingerprint density at radius 2 is 1.86 bits per heavy atom. The fourth-order valence-electron chi connectivity index (χ4n) is 1.78. The predicted octanol–water partition coefficient (Wildman–Crippen LogP) is 0.631. The molecule has 0 radical (unpaired) electrons. The van der Waals surface area contributed by atoms with Crippen molar-refractivity contribution in [1.29, 1.82) is 0 Å². The van der Waals surface area contributed by atoms with Crippen molar-refractivity contribution in [3.05, 3.63) is 6.20 Å². The molecular formula is C9H15N5. The molecule has 2 heterocycles. The van der Waals surface area contributed by atoms with Crippen molar-refractivity contribution in [2.75, 3.05) is 29.5 Å². The van der Waals surface area contributed by atoms with Crippen LogP contribution in [0.5, 0.6) is 0 Å². The molecule has 1 aliphatic rings. The Hall–Kier alpha value is -1.52. The fourth-order valence-corrected chi connectivity index (χ4v) is 1.78. The van der Waals surface area contributed by atoms with E-state index in [-0.39, 0.29) is 5.95 Å². The van der Waals surface area contributed by atoms with Crippen molar-refractivity contribution in [1.82, 2.24) is 9.97 Å². The Labute approximate surface area is 83.1 Å². The van der Waals surface area contributed by atoms with Gasteiger partial charge in [0.2, 0.25) is 5.95 Å². The smallest absolute Gasteiger partial charge is 0.222 e. The second kappa shape index (κ2) is 3.69. The molecule has 1 aliphatic heterocycles. The quantitative estimate of drug-likeness (QED) is 0.683. The highest BCUT2D eigenvalue weighted by atomic mass is 15.2. The van der Waals surface area contributed by atoms with E-state index in [1.165, 1.54) is 19.3 Å². The predicted molar refractivity (Wildman–Crippen MR) is 56.9 cm³/mol. The van der Waals surface area contributed by atoms with Crippen LogP contribution in [0.15, 0.2) is 6.20 Å². The van der Waals surface area contributed by atoms with E-state index < -0.39 is 0 Å². The van der Waals surface area contributed by atoms with Crippen LogP contribution in [-0.4, -0.2) is 23.1 Å². The van der Waals surface area contributed by atoms with Gasteiger partial charge in [0.05, 0.1) is 11.9 Å². The lowest BCUT2D eigenvalue weighted by atomic mass is 10.1. The van der Waals surface area contributed by atoms with E-state index in [0.29, 0.717) is 5.82 Å². The number of aromatic nitrogens is 2. The molecule has 76 valence electrons. The molecule has 0 amide bonds. The fraction of sp³-hybridized carbons (Fsp3) is 0.556. The highest BCUT2D eigenvalue weighted by molar-refractivity contribution is 5.63. The van der Waals surface area contributed by atoms with Gasteiger partial charge in [0.15, 0.2) is 5.82 Å². The van der Waals surface area contributed by atoms with Gasteiger partial charge in [-0.05, 0) is 19.3 Å². The summed E-state index contributed by atoms with van der Waals surface area (Å²) in [4.78, 5) is 10.1. The van der Waals surface area contributed by atoms with Gasteiger partial charge < -0.3 is 16.4 Å². The van der Waals surface area contributed by atoms with Crippen molar-refractivity contribution in [2.45, 2.75) is 19.3 Å². The van der Waals surface area contributed by atoms with E-state index in [9.17, 15) is 0 Å². The Kier molecular flexibility index (Phi) is 2.39. The molecule has 14 heavy (non-hydrogen) atoms. The van der Waals surface area contributed by atoms with E-state index in [4.69, 9.17) is 11.5 Å². The molecule has 0 aliphatic carbocycles. The molecule has 1 aromatic rings. The van der Waals surface area contributed by atoms with Crippen LogP contribution in [0.3, 0.4) is 0 Å². The van der Waals surface area contributed by atoms with Crippen molar-refractivity contribution >= 4 is 17.5 Å². The topological polar surface area (TPSA) is 81.1 Å². The second-order valence-corrected chi connectivity index (χ2v) is 3.55. The van der Waals surface area contributed by atoms with Crippen LogP contribution in [0.2, 0.25) is 0 Å². The molecule has 1 fully saturated rings. The average Bonchev–Trinajstić information content (AvgIpc) is 2.19. The molecule has 0 aromatic carbocycles. The molecule has 4 N–H and O–H groups in total. The molecule has 0 saturated carbocycles. The van der Waals surface area contributed by atoms with Crippen LogP contribution in [0.4, 0.5) is 17.5 Å². The van der Waals surface area contributed by atoms with Gasteiger partial charge in [-0.25, -0.2) is 4.98 Å². The summed E-state index contributed by atoms with van der Waals surface area (Å²) in [7, 11) is 0. The number of piperidine rings is 1. The largest absolute Gasteiger partial charge is 0.382 e. The minimum atomic E-state index is 0.239. The number of anilines is 3. The molecule has 5 heteroatoms. The first-order valence-corrected chi connectivity index (χ1v) is 4.90. The summed E-state index contributed by atoms with van der Waals surface area (Å²) in [6.45, 7) is 2.08. The first-order chi connectivity index (χ1) is 6.77. The number of hydrogen-bond acceptors (Lipinski definition) is 5. The lowest BCUT2D eigenvalue weighted by molar-refractivity contribution is 0.577. The number of nitrogens with two attached hydrogens (primary N) is 2. The van der Waals surface area contributed by atoms with Gasteiger partial charge in [-0.2, -0.15) is 4.98 Å². The van der Waals surface area contributed by atoms with Crippen molar-refractivity contribution in [2.24, 2.45) is 0 Å². The second-order valence-electron chi connectivity index (χ2n) is 3.55. The molecule has 0 unspecified atom stereocenters. The lowest BCUT2D eigenvalue weighted by Gasteiger charge is -2.28. The van der Waals surface area contributed by atoms with E-state index in [0.717, 1.165) is 18.8 Å². The zero-order valence-corrected chi connectivity index (χ0v) is 8.11. The van der Waals surface area contributed by atoms with Crippen LogP contribution in [0, 0.1) is 0 Å². The third kappa shape index (κ3) is 1.71. The van der Waals surface area contributed by atoms with E-state index in [1.54, 1.807) is 6.20 Å². The van der Waals surface area contributed by atoms with Gasteiger partial charge in [0.25, 0.3) is 0 Å². The summed E-state index contributed by atoms with van der Waals surface area (Å²) >= 11 is 0. The number of nitrogen functional groups attached to an aromatic ring is 2. The van der Waals surface area contributed by atoms with Crippen molar-refractivity contribution in [3.8, 4) is 0 Å². The van der Waals surface area contributed by atoms with E-state index in [2.05, 4.69) is 14.9 Å². The zero-order valence-electron chi connectivity index (χ0n) is 8.11. The first-order valence-electron chi connectivity index (χ1n) is 4.90. The molecule has 2 rings (SSSR count). The Bertz CT molecular complexity index is 319. The lowest BCUT2D eigenvalue weighted by Crippen LogP contribution is -2.30. The van der Waals surface area contributed by atoms with Crippen LogP contribution >= 0.6 is 0 Å². The molecule has 5 nitrogen and oxygen atoms in total. The Balaban J connectivity index is 2.22. The Morgan fingerprint density at radius 1 is 1.14 bits per heavy atom. The molecule has 1 aromatic heterocycles. The van der Waals surface area contributed by atoms with Crippen molar-refractivity contribution in [3.63, 3.8) is 0 Å². The van der Waals surface area contributed by atoms with Gasteiger partial charge in [-0.1, -0.05) is 0 Å². The summed E-state index contributed by atoms with van der Waals surface area (Å²) in [5.41, 5.74) is 12.1. The number of rotatable bonds is 1. The summed E-state index contributed by atoms with van der Waals surface area (Å²) in [6.07, 6.45) is 5.43. The van der Waals surface area contributed by atoms with Crippen molar-refractivity contribution < 1.29 is 0 Å². The third-order valence-electron chi connectivity index (χ3n) is 2.51. The highest BCUT2D eigenvalue weighted by Crippen LogP contribution is 2.23. The van der Waals surface area contributed by atoms with Crippen LogP contribution in [0.25, 0.3) is 0 Å². The summed E-state index contributed by atoms with van der Waals surface area (Å²) in [5.74, 6) is 0.725. The third-order valence-corrected chi connectivity index (χ3v) is 2.51. The van der Waals surface area contributed by atoms with Gasteiger partial charge in [-0.15, -0.1) is 0 Å². The van der Waals surface area contributed by atoms with Gasteiger partial charge in [-0.3, -0.25) is 0 Å². The molecule has 0 bridgehead atoms. The average molecular weight is 193 g/mol. The summed E-state index contributed by atoms with van der Waals surface area (Å²) in [5, 5.41) is 0. The number of nitrogens with zero attached hydrogens (tertiary/aromatic N) is 3. The highest BCUT2D eigenvalue weighted by Gasteiger charge is 2.14. The minimum Gasteiger partial charge on any atom is -0.382 e.